The van der Waals surface area contributed by atoms with Crippen LogP contribution >= 0.6 is 0 Å². The summed E-state index contributed by atoms with van der Waals surface area (Å²) in [6.07, 6.45) is 8.28. The molecule has 1 N–H and O–H groups in total. The van der Waals surface area contributed by atoms with Crippen molar-refractivity contribution in [2.45, 2.75) is 65.3 Å². The summed E-state index contributed by atoms with van der Waals surface area (Å²) < 4.78 is 0. The topological polar surface area (TPSA) is 15.3 Å². The molecule has 0 spiro atoms. The van der Waals surface area contributed by atoms with Gasteiger partial charge in [0, 0.05) is 12.6 Å². The number of nitrogens with zero attached hydrogens (tertiary/aromatic N) is 1. The third kappa shape index (κ3) is 3.96. The van der Waals surface area contributed by atoms with Crippen LogP contribution in [0.4, 0.5) is 0 Å². The van der Waals surface area contributed by atoms with E-state index in [0.29, 0.717) is 5.41 Å². The SMILES string of the molecule is CCCNC1CCC(C)(C)CC1CN1CCCC1. The van der Waals surface area contributed by atoms with E-state index in [2.05, 4.69) is 31.0 Å². The van der Waals surface area contributed by atoms with Gasteiger partial charge in [-0.1, -0.05) is 20.8 Å². The normalized spacial score (nSPS) is 32.8. The Morgan fingerprint density at radius 2 is 1.94 bits per heavy atom. The van der Waals surface area contributed by atoms with Gasteiger partial charge in [-0.05, 0) is 69.5 Å². The van der Waals surface area contributed by atoms with Crippen LogP contribution < -0.4 is 5.32 Å². The van der Waals surface area contributed by atoms with Crippen molar-refractivity contribution >= 4 is 0 Å². The van der Waals surface area contributed by atoms with E-state index < -0.39 is 0 Å². The second kappa shape index (κ2) is 6.38. The molecule has 1 aliphatic heterocycles. The van der Waals surface area contributed by atoms with Crippen LogP contribution in [-0.2, 0) is 0 Å². The van der Waals surface area contributed by atoms with Crippen LogP contribution in [0, 0.1) is 11.3 Å². The summed E-state index contributed by atoms with van der Waals surface area (Å²) in [6, 6.07) is 0.776. The molecular formula is C16H32N2. The fourth-order valence-electron chi connectivity index (χ4n) is 3.82. The molecule has 2 nitrogen and oxygen atoms in total. The summed E-state index contributed by atoms with van der Waals surface area (Å²) in [5, 5.41) is 3.81. The van der Waals surface area contributed by atoms with Gasteiger partial charge in [0.15, 0.2) is 0 Å². The highest BCUT2D eigenvalue weighted by Crippen LogP contribution is 2.39. The Labute approximate surface area is 114 Å². The summed E-state index contributed by atoms with van der Waals surface area (Å²) in [5.74, 6) is 0.874. The van der Waals surface area contributed by atoms with Gasteiger partial charge in [0.2, 0.25) is 0 Å². The molecule has 1 saturated carbocycles. The van der Waals surface area contributed by atoms with Crippen LogP contribution in [0.1, 0.15) is 59.3 Å². The van der Waals surface area contributed by atoms with E-state index in [1.807, 2.05) is 0 Å². The minimum atomic E-state index is 0.564. The summed E-state index contributed by atoms with van der Waals surface area (Å²) in [5.41, 5.74) is 0.564. The lowest BCUT2D eigenvalue weighted by atomic mass is 9.69. The minimum Gasteiger partial charge on any atom is -0.314 e. The molecule has 0 aromatic carbocycles. The fourth-order valence-corrected chi connectivity index (χ4v) is 3.82. The third-order valence-electron chi connectivity index (χ3n) is 4.86. The molecule has 2 aliphatic rings. The zero-order valence-corrected chi connectivity index (χ0v) is 12.7. The molecule has 18 heavy (non-hydrogen) atoms. The summed E-state index contributed by atoms with van der Waals surface area (Å²) in [6.45, 7) is 12.4. The van der Waals surface area contributed by atoms with Crippen molar-refractivity contribution in [1.82, 2.24) is 10.2 Å². The van der Waals surface area contributed by atoms with E-state index in [0.717, 1.165) is 12.0 Å². The third-order valence-corrected chi connectivity index (χ3v) is 4.86. The molecular weight excluding hydrogens is 220 g/mol. The van der Waals surface area contributed by atoms with Crippen molar-refractivity contribution in [1.29, 1.82) is 0 Å². The van der Waals surface area contributed by atoms with Crippen LogP contribution in [0.3, 0.4) is 0 Å². The Hall–Kier alpha value is -0.0800. The van der Waals surface area contributed by atoms with Gasteiger partial charge in [0.25, 0.3) is 0 Å². The van der Waals surface area contributed by atoms with Gasteiger partial charge < -0.3 is 10.2 Å². The van der Waals surface area contributed by atoms with Gasteiger partial charge in [-0.2, -0.15) is 0 Å². The highest BCUT2D eigenvalue weighted by atomic mass is 15.1. The number of hydrogen-bond acceptors (Lipinski definition) is 2. The first-order valence-electron chi connectivity index (χ1n) is 8.06. The molecule has 2 rings (SSSR count). The molecule has 2 atom stereocenters. The molecule has 106 valence electrons. The van der Waals surface area contributed by atoms with Gasteiger partial charge >= 0.3 is 0 Å². The largest absolute Gasteiger partial charge is 0.314 e. The van der Waals surface area contributed by atoms with Crippen LogP contribution in [0.15, 0.2) is 0 Å². The van der Waals surface area contributed by atoms with E-state index in [-0.39, 0.29) is 0 Å². The lowest BCUT2D eigenvalue weighted by molar-refractivity contribution is 0.108. The van der Waals surface area contributed by atoms with E-state index in [1.165, 1.54) is 64.7 Å². The van der Waals surface area contributed by atoms with Gasteiger partial charge in [-0.25, -0.2) is 0 Å². The van der Waals surface area contributed by atoms with E-state index in [4.69, 9.17) is 0 Å². The number of rotatable bonds is 5. The first-order chi connectivity index (χ1) is 8.61. The van der Waals surface area contributed by atoms with E-state index in [1.54, 1.807) is 0 Å². The molecule has 2 unspecified atom stereocenters. The van der Waals surface area contributed by atoms with Crippen molar-refractivity contribution < 1.29 is 0 Å². The smallest absolute Gasteiger partial charge is 0.0108 e. The second-order valence-electron chi connectivity index (χ2n) is 7.24. The molecule has 1 saturated heterocycles. The highest BCUT2D eigenvalue weighted by Gasteiger charge is 2.35. The lowest BCUT2D eigenvalue weighted by Gasteiger charge is -2.42. The number of likely N-dealkylation sites (tertiary alicyclic amines) is 1. The maximum absolute atomic E-state index is 3.81. The highest BCUT2D eigenvalue weighted by molar-refractivity contribution is 4.90. The van der Waals surface area contributed by atoms with Crippen molar-refractivity contribution in [3.05, 3.63) is 0 Å². The first-order valence-corrected chi connectivity index (χ1v) is 8.06. The van der Waals surface area contributed by atoms with E-state index >= 15 is 0 Å². The fraction of sp³-hybridized carbons (Fsp3) is 1.00. The predicted molar refractivity (Wildman–Crippen MR) is 78.9 cm³/mol. The van der Waals surface area contributed by atoms with Gasteiger partial charge in [-0.3, -0.25) is 0 Å². The van der Waals surface area contributed by atoms with Crippen molar-refractivity contribution in [2.24, 2.45) is 11.3 Å². The molecule has 2 fully saturated rings. The summed E-state index contributed by atoms with van der Waals surface area (Å²) in [7, 11) is 0. The standard InChI is InChI=1S/C16H32N2/c1-4-9-17-15-7-8-16(2,3)12-14(15)13-18-10-5-6-11-18/h14-15,17H,4-13H2,1-3H3. The van der Waals surface area contributed by atoms with Gasteiger partial charge in [0.1, 0.15) is 0 Å². The summed E-state index contributed by atoms with van der Waals surface area (Å²) >= 11 is 0. The Balaban J connectivity index is 1.90. The lowest BCUT2D eigenvalue weighted by Crippen LogP contribution is -2.47. The Morgan fingerprint density at radius 3 is 2.61 bits per heavy atom. The molecule has 2 heteroatoms. The zero-order chi connectivity index (χ0) is 13.0. The average molecular weight is 252 g/mol. The number of hydrogen-bond donors (Lipinski definition) is 1. The molecule has 1 aliphatic carbocycles. The zero-order valence-electron chi connectivity index (χ0n) is 12.7. The maximum atomic E-state index is 3.81. The minimum absolute atomic E-state index is 0.564. The van der Waals surface area contributed by atoms with Crippen LogP contribution in [0.25, 0.3) is 0 Å². The molecule has 0 bridgehead atoms. The second-order valence-corrected chi connectivity index (χ2v) is 7.24. The van der Waals surface area contributed by atoms with Crippen LogP contribution in [0.5, 0.6) is 0 Å². The Morgan fingerprint density at radius 1 is 1.22 bits per heavy atom. The van der Waals surface area contributed by atoms with Crippen molar-refractivity contribution in [2.75, 3.05) is 26.2 Å². The Kier molecular flexibility index (Phi) is 5.08. The number of nitrogens with one attached hydrogen (secondary N) is 1. The predicted octanol–water partition coefficient (Wildman–Crippen LogP) is 3.28. The average Bonchev–Trinajstić information content (AvgIpc) is 2.80. The monoisotopic (exact) mass is 252 g/mol. The van der Waals surface area contributed by atoms with Crippen LogP contribution in [0.2, 0.25) is 0 Å². The molecule has 0 amide bonds. The molecule has 0 aromatic heterocycles. The van der Waals surface area contributed by atoms with E-state index in [9.17, 15) is 0 Å². The van der Waals surface area contributed by atoms with Crippen molar-refractivity contribution in [3.63, 3.8) is 0 Å². The maximum Gasteiger partial charge on any atom is 0.0108 e. The first kappa shape index (κ1) is 14.3. The van der Waals surface area contributed by atoms with Gasteiger partial charge in [0.05, 0.1) is 0 Å². The quantitative estimate of drug-likeness (QED) is 0.808. The Bertz CT molecular complexity index is 243. The van der Waals surface area contributed by atoms with Crippen LogP contribution in [-0.4, -0.2) is 37.1 Å². The van der Waals surface area contributed by atoms with Crippen molar-refractivity contribution in [3.8, 4) is 0 Å². The molecule has 1 heterocycles. The summed E-state index contributed by atoms with van der Waals surface area (Å²) in [4.78, 5) is 2.70. The van der Waals surface area contributed by atoms with Gasteiger partial charge in [-0.15, -0.1) is 0 Å². The molecule has 0 radical (unpaired) electrons. The molecule has 0 aromatic rings.